The van der Waals surface area contributed by atoms with Crippen molar-refractivity contribution in [2.45, 2.75) is 0 Å². The van der Waals surface area contributed by atoms with Crippen LogP contribution in [0.3, 0.4) is 0 Å². The Hall–Kier alpha value is -4.08. The van der Waals surface area contributed by atoms with Gasteiger partial charge in [0.05, 0.1) is 12.7 Å². The number of nitrogens with one attached hydrogen (secondary N) is 1. The van der Waals surface area contributed by atoms with Crippen molar-refractivity contribution < 1.29 is 19.1 Å². The van der Waals surface area contributed by atoms with E-state index in [4.69, 9.17) is 21.1 Å². The first kappa shape index (κ1) is 21.6. The van der Waals surface area contributed by atoms with Gasteiger partial charge in [0.25, 0.3) is 5.91 Å². The summed E-state index contributed by atoms with van der Waals surface area (Å²) in [6.07, 6.45) is 1.39. The highest BCUT2D eigenvalue weighted by molar-refractivity contribution is 6.31. The lowest BCUT2D eigenvalue weighted by molar-refractivity contribution is -0.112. The largest absolute Gasteiger partial charge is 0.493 e. The van der Waals surface area contributed by atoms with Crippen LogP contribution < -0.4 is 14.8 Å². The number of halogens is 1. The van der Waals surface area contributed by atoms with E-state index in [2.05, 4.69) is 5.32 Å². The van der Waals surface area contributed by atoms with Crippen molar-refractivity contribution in [2.75, 3.05) is 12.4 Å². The number of ether oxygens (including phenoxy) is 2. The van der Waals surface area contributed by atoms with Gasteiger partial charge < -0.3 is 14.8 Å². The summed E-state index contributed by atoms with van der Waals surface area (Å²) < 4.78 is 10.7. The lowest BCUT2D eigenvalue weighted by Crippen LogP contribution is -2.13. The molecule has 0 spiro atoms. The first-order valence-corrected chi connectivity index (χ1v) is 9.52. The molecule has 0 fully saturated rings. The Balaban J connectivity index is 1.84. The Morgan fingerprint density at radius 1 is 1.00 bits per heavy atom. The summed E-state index contributed by atoms with van der Waals surface area (Å²) in [6, 6.07) is 21.7. The molecule has 6 nitrogen and oxygen atoms in total. The van der Waals surface area contributed by atoms with Crippen LogP contribution in [0.15, 0.2) is 78.4 Å². The smallest absolute Gasteiger partial charge is 0.343 e. The fraction of sp³-hybridized carbons (Fsp3) is 0.0417. The number of hydrogen-bond acceptors (Lipinski definition) is 5. The molecule has 154 valence electrons. The average molecular weight is 433 g/mol. The number of nitriles is 1. The van der Waals surface area contributed by atoms with Gasteiger partial charge in [-0.05, 0) is 54.1 Å². The second-order valence-corrected chi connectivity index (χ2v) is 6.74. The van der Waals surface area contributed by atoms with E-state index < -0.39 is 11.9 Å². The molecule has 0 unspecified atom stereocenters. The van der Waals surface area contributed by atoms with Gasteiger partial charge in [0.2, 0.25) is 0 Å². The van der Waals surface area contributed by atoms with Gasteiger partial charge in [0.15, 0.2) is 11.5 Å². The van der Waals surface area contributed by atoms with Gasteiger partial charge in [0, 0.05) is 10.7 Å². The fourth-order valence-corrected chi connectivity index (χ4v) is 2.87. The third-order valence-corrected chi connectivity index (χ3v) is 4.39. The number of amides is 1. The number of methoxy groups -OCH3 is 1. The molecule has 31 heavy (non-hydrogen) atoms. The summed E-state index contributed by atoms with van der Waals surface area (Å²) in [7, 11) is 1.45. The molecule has 0 saturated carbocycles. The first-order valence-electron chi connectivity index (χ1n) is 9.14. The van der Waals surface area contributed by atoms with E-state index in [0.29, 0.717) is 27.6 Å². The summed E-state index contributed by atoms with van der Waals surface area (Å²) in [5, 5.41) is 12.5. The van der Waals surface area contributed by atoms with Gasteiger partial charge in [0.1, 0.15) is 11.6 Å². The van der Waals surface area contributed by atoms with Gasteiger partial charge >= 0.3 is 5.97 Å². The molecule has 0 aliphatic carbocycles. The highest BCUT2D eigenvalue weighted by Crippen LogP contribution is 2.30. The van der Waals surface area contributed by atoms with E-state index in [1.54, 1.807) is 66.7 Å². The Morgan fingerprint density at radius 3 is 2.45 bits per heavy atom. The van der Waals surface area contributed by atoms with Crippen molar-refractivity contribution in [2.24, 2.45) is 0 Å². The molecule has 3 aromatic rings. The summed E-state index contributed by atoms with van der Waals surface area (Å²) >= 11 is 5.92. The minimum atomic E-state index is -0.594. The maximum Gasteiger partial charge on any atom is 0.343 e. The van der Waals surface area contributed by atoms with E-state index in [1.807, 2.05) is 6.07 Å². The normalized spacial score (nSPS) is 10.7. The molecule has 0 aliphatic rings. The predicted octanol–water partition coefficient (Wildman–Crippen LogP) is 5.11. The standard InChI is InChI=1S/C24H17ClN2O4/c1-30-21-11-10-16(13-22(21)31-24(29)17-6-3-2-4-7-17)12-18(15-26)23(28)27-20-9-5-8-19(25)14-20/h2-14H,1H3,(H,27,28)/b18-12+. The predicted molar refractivity (Wildman–Crippen MR) is 118 cm³/mol. The minimum Gasteiger partial charge on any atom is -0.493 e. The summed E-state index contributed by atoms with van der Waals surface area (Å²) in [6.45, 7) is 0. The number of esters is 1. The van der Waals surface area contributed by atoms with Gasteiger partial charge in [-0.3, -0.25) is 4.79 Å². The van der Waals surface area contributed by atoms with E-state index in [1.165, 1.54) is 19.3 Å². The summed E-state index contributed by atoms with van der Waals surface area (Å²) in [5.41, 5.74) is 1.19. The SMILES string of the molecule is COc1ccc(/C=C(\C#N)C(=O)Nc2cccc(Cl)c2)cc1OC(=O)c1ccccc1. The lowest BCUT2D eigenvalue weighted by atomic mass is 10.1. The Kier molecular flexibility index (Phi) is 7.05. The molecular weight excluding hydrogens is 416 g/mol. The molecule has 7 heteroatoms. The number of carbonyl (C=O) groups excluding carboxylic acids is 2. The monoisotopic (exact) mass is 432 g/mol. The second-order valence-electron chi connectivity index (χ2n) is 6.30. The van der Waals surface area contributed by atoms with Crippen LogP contribution in [-0.4, -0.2) is 19.0 Å². The zero-order chi connectivity index (χ0) is 22.2. The van der Waals surface area contributed by atoms with Crippen molar-refractivity contribution in [3.05, 3.63) is 94.5 Å². The van der Waals surface area contributed by atoms with Crippen molar-refractivity contribution in [3.63, 3.8) is 0 Å². The molecule has 3 aromatic carbocycles. The third kappa shape index (κ3) is 5.72. The van der Waals surface area contributed by atoms with Crippen LogP contribution >= 0.6 is 11.6 Å². The average Bonchev–Trinajstić information content (AvgIpc) is 2.78. The molecule has 0 atom stereocenters. The van der Waals surface area contributed by atoms with Gasteiger partial charge in [-0.2, -0.15) is 5.26 Å². The molecule has 0 bridgehead atoms. The van der Waals surface area contributed by atoms with E-state index in [0.717, 1.165) is 0 Å². The number of hydrogen-bond donors (Lipinski definition) is 1. The fourth-order valence-electron chi connectivity index (χ4n) is 2.68. The highest BCUT2D eigenvalue weighted by Gasteiger charge is 2.14. The van der Waals surface area contributed by atoms with Crippen LogP contribution in [0.5, 0.6) is 11.5 Å². The lowest BCUT2D eigenvalue weighted by Gasteiger charge is -2.10. The van der Waals surface area contributed by atoms with Crippen LogP contribution in [0.2, 0.25) is 5.02 Å². The minimum absolute atomic E-state index is 0.134. The molecular formula is C24H17ClN2O4. The molecule has 0 aliphatic heterocycles. The molecule has 3 rings (SSSR count). The van der Waals surface area contributed by atoms with Crippen LogP contribution in [0.25, 0.3) is 6.08 Å². The quantitative estimate of drug-likeness (QED) is 0.253. The van der Waals surface area contributed by atoms with Crippen molar-refractivity contribution >= 4 is 35.2 Å². The molecule has 1 N–H and O–H groups in total. The third-order valence-electron chi connectivity index (χ3n) is 4.16. The van der Waals surface area contributed by atoms with Crippen LogP contribution in [0.4, 0.5) is 5.69 Å². The van der Waals surface area contributed by atoms with E-state index in [-0.39, 0.29) is 11.3 Å². The van der Waals surface area contributed by atoms with Gasteiger partial charge in [-0.15, -0.1) is 0 Å². The summed E-state index contributed by atoms with van der Waals surface area (Å²) in [5.74, 6) is -0.649. The molecule has 1 amide bonds. The highest BCUT2D eigenvalue weighted by atomic mass is 35.5. The molecule has 0 heterocycles. The molecule has 0 aromatic heterocycles. The second kappa shape index (κ2) is 10.1. The molecule has 0 saturated heterocycles. The Labute approximate surface area is 184 Å². The van der Waals surface area contributed by atoms with E-state index >= 15 is 0 Å². The van der Waals surface area contributed by atoms with E-state index in [9.17, 15) is 14.9 Å². The van der Waals surface area contributed by atoms with Gasteiger partial charge in [-0.25, -0.2) is 4.79 Å². The number of rotatable bonds is 6. The van der Waals surface area contributed by atoms with Crippen molar-refractivity contribution in [1.29, 1.82) is 5.26 Å². The number of nitrogens with zero attached hydrogens (tertiary/aromatic N) is 1. The Bertz CT molecular complexity index is 1180. The first-order chi connectivity index (χ1) is 15.0. The Morgan fingerprint density at radius 2 is 1.77 bits per heavy atom. The number of carbonyl (C=O) groups is 2. The molecule has 0 radical (unpaired) electrons. The van der Waals surface area contributed by atoms with Crippen molar-refractivity contribution in [3.8, 4) is 17.6 Å². The van der Waals surface area contributed by atoms with Crippen LogP contribution in [0, 0.1) is 11.3 Å². The zero-order valence-corrected chi connectivity index (χ0v) is 17.2. The van der Waals surface area contributed by atoms with Gasteiger partial charge in [-0.1, -0.05) is 41.9 Å². The zero-order valence-electron chi connectivity index (χ0n) is 16.5. The number of benzene rings is 3. The van der Waals surface area contributed by atoms with Crippen molar-refractivity contribution in [1.82, 2.24) is 0 Å². The topological polar surface area (TPSA) is 88.4 Å². The van der Waals surface area contributed by atoms with Crippen LogP contribution in [-0.2, 0) is 4.79 Å². The van der Waals surface area contributed by atoms with Crippen LogP contribution in [0.1, 0.15) is 15.9 Å². The maximum absolute atomic E-state index is 12.5. The maximum atomic E-state index is 12.5. The number of anilines is 1. The summed E-state index contributed by atoms with van der Waals surface area (Å²) in [4.78, 5) is 24.9.